The molecule has 0 aliphatic heterocycles. The Morgan fingerprint density at radius 1 is 1.08 bits per heavy atom. The molecular formula is C28H27N5O4. The van der Waals surface area contributed by atoms with Gasteiger partial charge < -0.3 is 24.9 Å². The van der Waals surface area contributed by atoms with Crippen molar-refractivity contribution in [3.63, 3.8) is 0 Å². The molecule has 37 heavy (non-hydrogen) atoms. The van der Waals surface area contributed by atoms with E-state index in [4.69, 9.17) is 19.6 Å². The highest BCUT2D eigenvalue weighted by molar-refractivity contribution is 6.04. The molecule has 5 aromatic rings. The van der Waals surface area contributed by atoms with Gasteiger partial charge in [-0.3, -0.25) is 9.48 Å². The number of carbonyl (C=O) groups excluding carboxylic acids is 1. The number of anilines is 1. The number of imidazole rings is 1. The Morgan fingerprint density at radius 2 is 1.89 bits per heavy atom. The van der Waals surface area contributed by atoms with E-state index in [1.807, 2.05) is 66.2 Å². The summed E-state index contributed by atoms with van der Waals surface area (Å²) in [6.07, 6.45) is 0. The van der Waals surface area contributed by atoms with Gasteiger partial charge in [-0.2, -0.15) is 5.10 Å². The average Bonchev–Trinajstić information content (AvgIpc) is 3.52. The molecule has 9 nitrogen and oxygen atoms in total. The minimum atomic E-state index is -0.290. The summed E-state index contributed by atoms with van der Waals surface area (Å²) in [5, 5.41) is 16.6. The van der Waals surface area contributed by atoms with Gasteiger partial charge in [0.1, 0.15) is 23.8 Å². The topological polar surface area (TPSA) is 114 Å². The fourth-order valence-corrected chi connectivity index (χ4v) is 4.06. The lowest BCUT2D eigenvalue weighted by Crippen LogP contribution is -2.13. The first-order valence-corrected chi connectivity index (χ1v) is 11.9. The number of rotatable bonds is 9. The molecule has 0 radical (unpaired) electrons. The maximum atomic E-state index is 13.0. The van der Waals surface area contributed by atoms with Crippen molar-refractivity contribution in [2.24, 2.45) is 0 Å². The molecular weight excluding hydrogens is 470 g/mol. The first kappa shape index (κ1) is 24.1. The molecule has 0 aliphatic carbocycles. The van der Waals surface area contributed by atoms with E-state index in [9.17, 15) is 4.79 Å². The van der Waals surface area contributed by atoms with Crippen molar-refractivity contribution < 1.29 is 19.4 Å². The second-order valence-corrected chi connectivity index (χ2v) is 8.53. The van der Waals surface area contributed by atoms with Crippen LogP contribution in [0, 0.1) is 6.92 Å². The van der Waals surface area contributed by atoms with Gasteiger partial charge in [0.25, 0.3) is 5.91 Å². The summed E-state index contributed by atoms with van der Waals surface area (Å²) < 4.78 is 12.6. The number of H-pyrrole nitrogens is 1. The normalized spacial score (nSPS) is 11.0. The van der Waals surface area contributed by atoms with E-state index in [2.05, 4.69) is 15.4 Å². The van der Waals surface area contributed by atoms with E-state index < -0.39 is 0 Å². The van der Waals surface area contributed by atoms with Crippen molar-refractivity contribution in [1.82, 2.24) is 19.7 Å². The van der Waals surface area contributed by atoms with Crippen LogP contribution in [0.5, 0.6) is 11.5 Å². The smallest absolute Gasteiger partial charge is 0.256 e. The van der Waals surface area contributed by atoms with Gasteiger partial charge in [0.2, 0.25) is 0 Å². The summed E-state index contributed by atoms with van der Waals surface area (Å²) in [4.78, 5) is 21.1. The fourth-order valence-electron chi connectivity index (χ4n) is 4.06. The van der Waals surface area contributed by atoms with Gasteiger partial charge in [-0.25, -0.2) is 4.98 Å². The van der Waals surface area contributed by atoms with Crippen LogP contribution in [-0.2, 0) is 6.54 Å². The number of amides is 1. The van der Waals surface area contributed by atoms with Crippen LogP contribution in [0.25, 0.3) is 22.6 Å². The lowest BCUT2D eigenvalue weighted by atomic mass is 10.1. The van der Waals surface area contributed by atoms with Gasteiger partial charge in [-0.15, -0.1) is 0 Å². The Kier molecular flexibility index (Phi) is 6.87. The van der Waals surface area contributed by atoms with E-state index in [1.54, 1.807) is 25.3 Å². The number of hydrogen-bond donors (Lipinski definition) is 3. The van der Waals surface area contributed by atoms with Gasteiger partial charge in [-0.05, 0) is 60.5 Å². The second-order valence-electron chi connectivity index (χ2n) is 8.53. The van der Waals surface area contributed by atoms with Gasteiger partial charge >= 0.3 is 0 Å². The number of para-hydroxylation sites is 2. The predicted molar refractivity (Wildman–Crippen MR) is 141 cm³/mol. The number of nitrogens with one attached hydrogen (secondary N) is 2. The van der Waals surface area contributed by atoms with Crippen LogP contribution >= 0.6 is 0 Å². The van der Waals surface area contributed by atoms with Crippen molar-refractivity contribution in [2.75, 3.05) is 25.6 Å². The van der Waals surface area contributed by atoms with Crippen molar-refractivity contribution in [3.05, 3.63) is 89.5 Å². The number of carbonyl (C=O) groups is 1. The third-order valence-corrected chi connectivity index (χ3v) is 5.93. The zero-order valence-corrected chi connectivity index (χ0v) is 20.6. The van der Waals surface area contributed by atoms with Crippen molar-refractivity contribution in [2.45, 2.75) is 13.5 Å². The Balaban J connectivity index is 1.44. The van der Waals surface area contributed by atoms with Gasteiger partial charge in [0.05, 0.1) is 31.3 Å². The molecule has 0 spiro atoms. The molecule has 0 bridgehead atoms. The SMILES string of the molecule is COc1ccc(Cn2nc(NC(=O)c3ccc(OCCO)c(C)c3)cc2-c2nc3ccccc3[nH]2)cc1. The standard InChI is InChI=1S/C28H27N5O4/c1-18-15-20(9-12-25(18)37-14-13-34)28(35)31-26-16-24(27-29-22-5-3-4-6-23(22)30-27)33(32-26)17-19-7-10-21(36-2)11-8-19/h3-12,15-16,34H,13-14,17H2,1-2H3,(H,29,30)(H,31,32,35). The first-order valence-electron chi connectivity index (χ1n) is 11.9. The zero-order valence-electron chi connectivity index (χ0n) is 20.6. The predicted octanol–water partition coefficient (Wildman–Crippen LogP) is 4.42. The third kappa shape index (κ3) is 5.31. The van der Waals surface area contributed by atoms with Crippen LogP contribution in [0.1, 0.15) is 21.5 Å². The number of nitrogens with zero attached hydrogens (tertiary/aromatic N) is 3. The number of benzene rings is 3. The molecule has 0 aliphatic rings. The molecule has 0 fully saturated rings. The van der Waals surface area contributed by atoms with Crippen LogP contribution < -0.4 is 14.8 Å². The Bertz CT molecular complexity index is 1510. The number of ether oxygens (including phenoxy) is 2. The van der Waals surface area contributed by atoms with E-state index in [-0.39, 0.29) is 19.1 Å². The Hall–Kier alpha value is -4.63. The molecule has 2 aromatic heterocycles. The molecule has 0 saturated carbocycles. The summed E-state index contributed by atoms with van der Waals surface area (Å²) in [5.41, 5.74) is 4.80. The molecule has 188 valence electrons. The lowest BCUT2D eigenvalue weighted by Gasteiger charge is -2.09. The zero-order chi connectivity index (χ0) is 25.8. The molecule has 9 heteroatoms. The van der Waals surface area contributed by atoms with Crippen molar-refractivity contribution in [3.8, 4) is 23.0 Å². The molecule has 1 amide bonds. The molecule has 3 aromatic carbocycles. The minimum Gasteiger partial charge on any atom is -0.497 e. The van der Waals surface area contributed by atoms with E-state index >= 15 is 0 Å². The van der Waals surface area contributed by atoms with Gasteiger partial charge in [0, 0.05) is 11.6 Å². The Morgan fingerprint density at radius 3 is 2.62 bits per heavy atom. The van der Waals surface area contributed by atoms with E-state index in [1.165, 1.54) is 0 Å². The molecule has 2 heterocycles. The number of fused-ring (bicyclic) bond motifs is 1. The maximum absolute atomic E-state index is 13.0. The van der Waals surface area contributed by atoms with Gasteiger partial charge in [-0.1, -0.05) is 24.3 Å². The highest BCUT2D eigenvalue weighted by Crippen LogP contribution is 2.26. The Labute approximate surface area is 213 Å². The van der Waals surface area contributed by atoms with Crippen LogP contribution in [0.15, 0.2) is 72.8 Å². The number of aromatic nitrogens is 4. The molecule has 0 unspecified atom stereocenters. The highest BCUT2D eigenvalue weighted by atomic mass is 16.5. The summed E-state index contributed by atoms with van der Waals surface area (Å²) in [6, 6.07) is 22.5. The number of aryl methyl sites for hydroxylation is 1. The number of aliphatic hydroxyl groups is 1. The summed E-state index contributed by atoms with van der Waals surface area (Å²) in [7, 11) is 1.63. The highest BCUT2D eigenvalue weighted by Gasteiger charge is 2.17. The maximum Gasteiger partial charge on any atom is 0.256 e. The molecule has 5 rings (SSSR count). The van der Waals surface area contributed by atoms with Crippen LogP contribution in [0.3, 0.4) is 0 Å². The third-order valence-electron chi connectivity index (χ3n) is 5.93. The number of methoxy groups -OCH3 is 1. The number of aromatic amines is 1. The van der Waals surface area contributed by atoms with Crippen LogP contribution in [0.4, 0.5) is 5.82 Å². The fraction of sp³-hybridized carbons (Fsp3) is 0.179. The summed E-state index contributed by atoms with van der Waals surface area (Å²) in [5.74, 6) is 2.18. The quantitative estimate of drug-likeness (QED) is 0.278. The minimum absolute atomic E-state index is 0.0750. The lowest BCUT2D eigenvalue weighted by molar-refractivity contribution is 0.102. The summed E-state index contributed by atoms with van der Waals surface area (Å²) >= 11 is 0. The molecule has 0 atom stereocenters. The first-order chi connectivity index (χ1) is 18.0. The molecule has 3 N–H and O–H groups in total. The summed E-state index contributed by atoms with van der Waals surface area (Å²) in [6.45, 7) is 2.45. The van der Waals surface area contributed by atoms with E-state index in [0.717, 1.165) is 33.6 Å². The number of aliphatic hydroxyl groups excluding tert-OH is 1. The van der Waals surface area contributed by atoms with Crippen LogP contribution in [0.2, 0.25) is 0 Å². The van der Waals surface area contributed by atoms with E-state index in [0.29, 0.717) is 29.5 Å². The average molecular weight is 498 g/mol. The largest absolute Gasteiger partial charge is 0.497 e. The van der Waals surface area contributed by atoms with Crippen molar-refractivity contribution >= 4 is 22.8 Å². The second kappa shape index (κ2) is 10.5. The number of hydrogen-bond acceptors (Lipinski definition) is 6. The monoisotopic (exact) mass is 497 g/mol. The molecule has 0 saturated heterocycles. The van der Waals surface area contributed by atoms with Gasteiger partial charge in [0.15, 0.2) is 11.6 Å². The van der Waals surface area contributed by atoms with Crippen LogP contribution in [-0.4, -0.2) is 51.1 Å². The van der Waals surface area contributed by atoms with Crippen molar-refractivity contribution in [1.29, 1.82) is 0 Å².